The lowest BCUT2D eigenvalue weighted by Crippen LogP contribution is -2.44. The van der Waals surface area contributed by atoms with Crippen molar-refractivity contribution in [3.8, 4) is 0 Å². The van der Waals surface area contributed by atoms with Gasteiger partial charge in [-0.1, -0.05) is 6.07 Å². The zero-order chi connectivity index (χ0) is 13.8. The Labute approximate surface area is 122 Å². The Morgan fingerprint density at radius 2 is 2.05 bits per heavy atom. The molecule has 3 heterocycles. The monoisotopic (exact) mass is 274 g/mol. The first kappa shape index (κ1) is 13.8. The largest absolute Gasteiger partial charge is 0.357 e. The molecule has 0 aliphatic carbocycles. The molecule has 4 heteroatoms. The first-order valence-corrected chi connectivity index (χ1v) is 7.89. The van der Waals surface area contributed by atoms with E-state index in [0.717, 1.165) is 24.8 Å². The molecule has 1 aromatic rings. The van der Waals surface area contributed by atoms with Crippen LogP contribution in [-0.4, -0.2) is 55.7 Å². The Bertz CT molecular complexity index is 400. The van der Waals surface area contributed by atoms with Crippen molar-refractivity contribution < 1.29 is 0 Å². The predicted molar refractivity (Wildman–Crippen MR) is 83.1 cm³/mol. The molecule has 2 aliphatic rings. The average molecular weight is 274 g/mol. The smallest absolute Gasteiger partial charge is 0.128 e. The molecule has 1 atom stereocenters. The maximum absolute atomic E-state index is 4.44. The van der Waals surface area contributed by atoms with Crippen LogP contribution in [0.15, 0.2) is 24.4 Å². The zero-order valence-electron chi connectivity index (χ0n) is 12.5. The van der Waals surface area contributed by atoms with E-state index in [2.05, 4.69) is 39.3 Å². The first-order valence-electron chi connectivity index (χ1n) is 7.89. The molecule has 1 aromatic heterocycles. The number of aromatic nitrogens is 1. The lowest BCUT2D eigenvalue weighted by molar-refractivity contribution is 0.357. The Hall–Kier alpha value is -1.13. The third-order valence-electron chi connectivity index (χ3n) is 4.65. The van der Waals surface area contributed by atoms with Crippen molar-refractivity contribution in [1.82, 2.24) is 15.2 Å². The van der Waals surface area contributed by atoms with E-state index in [0.29, 0.717) is 6.04 Å². The fourth-order valence-electron chi connectivity index (χ4n) is 3.38. The molecule has 0 aromatic carbocycles. The lowest BCUT2D eigenvalue weighted by Gasteiger charge is -2.33. The van der Waals surface area contributed by atoms with E-state index in [-0.39, 0.29) is 0 Å². The summed E-state index contributed by atoms with van der Waals surface area (Å²) in [5, 5.41) is 3.78. The zero-order valence-corrected chi connectivity index (χ0v) is 12.5. The van der Waals surface area contributed by atoms with Gasteiger partial charge < -0.3 is 15.1 Å². The van der Waals surface area contributed by atoms with E-state index in [1.807, 2.05) is 12.3 Å². The fourth-order valence-corrected chi connectivity index (χ4v) is 3.38. The number of rotatable bonds is 4. The standard InChI is InChI=1S/C16H26N4/c1-19-9-5-14(13-19)12-18-15-6-10-20(11-7-15)16-4-2-3-8-17-16/h2-4,8,14-15,18H,5-7,9-13H2,1H3. The Morgan fingerprint density at radius 1 is 1.20 bits per heavy atom. The average Bonchev–Trinajstić information content (AvgIpc) is 2.92. The second-order valence-corrected chi connectivity index (χ2v) is 6.27. The first-order chi connectivity index (χ1) is 9.81. The molecule has 110 valence electrons. The summed E-state index contributed by atoms with van der Waals surface area (Å²) in [5.41, 5.74) is 0. The number of nitrogens with zero attached hydrogens (tertiary/aromatic N) is 3. The predicted octanol–water partition coefficient (Wildman–Crippen LogP) is 1.59. The van der Waals surface area contributed by atoms with E-state index in [1.54, 1.807) is 0 Å². The number of likely N-dealkylation sites (tertiary alicyclic amines) is 1. The van der Waals surface area contributed by atoms with Crippen molar-refractivity contribution in [2.45, 2.75) is 25.3 Å². The van der Waals surface area contributed by atoms with Crippen LogP contribution in [0, 0.1) is 5.92 Å². The van der Waals surface area contributed by atoms with E-state index in [4.69, 9.17) is 0 Å². The summed E-state index contributed by atoms with van der Waals surface area (Å²) in [7, 11) is 2.23. The van der Waals surface area contributed by atoms with Gasteiger partial charge >= 0.3 is 0 Å². The van der Waals surface area contributed by atoms with Gasteiger partial charge in [0.2, 0.25) is 0 Å². The molecule has 2 saturated heterocycles. The molecular weight excluding hydrogens is 248 g/mol. The number of anilines is 1. The number of hydrogen-bond acceptors (Lipinski definition) is 4. The highest BCUT2D eigenvalue weighted by Gasteiger charge is 2.23. The molecule has 0 amide bonds. The van der Waals surface area contributed by atoms with Crippen LogP contribution in [-0.2, 0) is 0 Å². The summed E-state index contributed by atoms with van der Waals surface area (Å²) in [6, 6.07) is 6.86. The summed E-state index contributed by atoms with van der Waals surface area (Å²) >= 11 is 0. The van der Waals surface area contributed by atoms with Gasteiger partial charge in [0.05, 0.1) is 0 Å². The van der Waals surface area contributed by atoms with Crippen LogP contribution in [0.4, 0.5) is 5.82 Å². The van der Waals surface area contributed by atoms with Crippen molar-refractivity contribution in [2.75, 3.05) is 44.7 Å². The molecule has 2 fully saturated rings. The van der Waals surface area contributed by atoms with Gasteiger partial charge in [-0.05, 0) is 57.5 Å². The maximum Gasteiger partial charge on any atom is 0.128 e. The van der Waals surface area contributed by atoms with Gasteiger partial charge in [0.25, 0.3) is 0 Å². The van der Waals surface area contributed by atoms with Gasteiger partial charge in [0.1, 0.15) is 5.82 Å². The Balaban J connectivity index is 1.40. The van der Waals surface area contributed by atoms with E-state index in [1.165, 1.54) is 38.9 Å². The molecule has 1 N–H and O–H groups in total. The summed E-state index contributed by atoms with van der Waals surface area (Å²) in [6.07, 6.45) is 5.71. The van der Waals surface area contributed by atoms with Gasteiger partial charge in [-0.2, -0.15) is 0 Å². The van der Waals surface area contributed by atoms with Gasteiger partial charge in [0, 0.05) is 31.9 Å². The van der Waals surface area contributed by atoms with Gasteiger partial charge in [0.15, 0.2) is 0 Å². The normalized spacial score (nSPS) is 25.2. The van der Waals surface area contributed by atoms with Crippen molar-refractivity contribution in [3.63, 3.8) is 0 Å². The lowest BCUT2D eigenvalue weighted by atomic mass is 10.0. The maximum atomic E-state index is 4.44. The summed E-state index contributed by atoms with van der Waals surface area (Å²) in [6.45, 7) is 5.97. The quantitative estimate of drug-likeness (QED) is 0.903. The second-order valence-electron chi connectivity index (χ2n) is 6.27. The minimum absolute atomic E-state index is 0.695. The molecule has 0 bridgehead atoms. The van der Waals surface area contributed by atoms with Crippen molar-refractivity contribution in [3.05, 3.63) is 24.4 Å². The molecule has 3 rings (SSSR count). The topological polar surface area (TPSA) is 31.4 Å². The minimum Gasteiger partial charge on any atom is -0.357 e. The van der Waals surface area contributed by atoms with Crippen LogP contribution in [0.1, 0.15) is 19.3 Å². The number of nitrogens with one attached hydrogen (secondary N) is 1. The third kappa shape index (κ3) is 3.49. The molecular formula is C16H26N4. The van der Waals surface area contributed by atoms with Gasteiger partial charge in [-0.3, -0.25) is 0 Å². The van der Waals surface area contributed by atoms with Gasteiger partial charge in [-0.25, -0.2) is 4.98 Å². The van der Waals surface area contributed by atoms with Gasteiger partial charge in [-0.15, -0.1) is 0 Å². The van der Waals surface area contributed by atoms with Crippen molar-refractivity contribution >= 4 is 5.82 Å². The molecule has 1 unspecified atom stereocenters. The van der Waals surface area contributed by atoms with Crippen LogP contribution < -0.4 is 10.2 Å². The van der Waals surface area contributed by atoms with Crippen LogP contribution in [0.5, 0.6) is 0 Å². The Kier molecular flexibility index (Phi) is 4.53. The highest BCUT2D eigenvalue weighted by atomic mass is 15.2. The molecule has 2 aliphatic heterocycles. The van der Waals surface area contributed by atoms with Crippen LogP contribution >= 0.6 is 0 Å². The summed E-state index contributed by atoms with van der Waals surface area (Å²) in [5.74, 6) is 1.98. The molecule has 0 radical (unpaired) electrons. The molecule has 4 nitrogen and oxygen atoms in total. The highest BCUT2D eigenvalue weighted by molar-refractivity contribution is 5.38. The highest BCUT2D eigenvalue weighted by Crippen LogP contribution is 2.18. The summed E-state index contributed by atoms with van der Waals surface area (Å²) < 4.78 is 0. The molecule has 0 saturated carbocycles. The molecule has 20 heavy (non-hydrogen) atoms. The fraction of sp³-hybridized carbons (Fsp3) is 0.688. The van der Waals surface area contributed by atoms with E-state index >= 15 is 0 Å². The van der Waals surface area contributed by atoms with E-state index < -0.39 is 0 Å². The SMILES string of the molecule is CN1CCC(CNC2CCN(c3ccccn3)CC2)C1. The van der Waals surface area contributed by atoms with Crippen LogP contribution in [0.3, 0.4) is 0 Å². The number of piperidine rings is 1. The number of hydrogen-bond donors (Lipinski definition) is 1. The minimum atomic E-state index is 0.695. The second kappa shape index (κ2) is 6.55. The van der Waals surface area contributed by atoms with E-state index in [9.17, 15) is 0 Å². The van der Waals surface area contributed by atoms with Crippen molar-refractivity contribution in [2.24, 2.45) is 5.92 Å². The van der Waals surface area contributed by atoms with Crippen molar-refractivity contribution in [1.29, 1.82) is 0 Å². The summed E-state index contributed by atoms with van der Waals surface area (Å²) in [4.78, 5) is 9.29. The molecule has 0 spiro atoms. The van der Waals surface area contributed by atoms with Crippen LogP contribution in [0.25, 0.3) is 0 Å². The third-order valence-corrected chi connectivity index (χ3v) is 4.65. The number of pyridine rings is 1. The Morgan fingerprint density at radius 3 is 2.70 bits per heavy atom. The van der Waals surface area contributed by atoms with Crippen LogP contribution in [0.2, 0.25) is 0 Å².